The van der Waals surface area contributed by atoms with Gasteiger partial charge in [-0.1, -0.05) is 12.1 Å². The van der Waals surface area contributed by atoms with Crippen molar-refractivity contribution in [2.24, 2.45) is 0 Å². The van der Waals surface area contributed by atoms with E-state index in [1.54, 1.807) is 19.2 Å². The Kier molecular flexibility index (Phi) is 4.75. The summed E-state index contributed by atoms with van der Waals surface area (Å²) in [5.41, 5.74) is 3.87. The molecule has 0 unspecified atom stereocenters. The molecule has 0 aliphatic carbocycles. The fourth-order valence-electron chi connectivity index (χ4n) is 2.97. The lowest BCUT2D eigenvalue weighted by Crippen LogP contribution is -2.35. The first-order valence-electron chi connectivity index (χ1n) is 8.24. The lowest BCUT2D eigenvalue weighted by molar-refractivity contribution is -0.116. The third-order valence-electron chi connectivity index (χ3n) is 4.16. The Bertz CT molecular complexity index is 994. The molecule has 2 amide bonds. The van der Waals surface area contributed by atoms with E-state index in [-0.39, 0.29) is 12.5 Å². The molecule has 0 saturated carbocycles. The number of nitrogens with zero attached hydrogens (tertiary/aromatic N) is 1. The fraction of sp³-hybridized carbons (Fsp3) is 0.200. The second-order valence-corrected chi connectivity index (χ2v) is 6.45. The molecule has 0 atom stereocenters. The Balaban J connectivity index is 1.71. The predicted octanol–water partition coefficient (Wildman–Crippen LogP) is 3.63. The molecule has 134 valence electrons. The zero-order chi connectivity index (χ0) is 18.8. The van der Waals surface area contributed by atoms with E-state index in [0.717, 1.165) is 22.0 Å². The molecule has 0 aliphatic rings. The van der Waals surface area contributed by atoms with Gasteiger partial charge in [-0.15, -0.1) is 0 Å². The zero-order valence-electron chi connectivity index (χ0n) is 14.9. The quantitative estimate of drug-likeness (QED) is 0.752. The number of rotatable bonds is 4. The number of carbonyl (C=O) groups is 2. The summed E-state index contributed by atoms with van der Waals surface area (Å²) in [5, 5.41) is 3.56. The number of aryl methyl sites for hydroxylation is 2. The Hall–Kier alpha value is -3.15. The van der Waals surface area contributed by atoms with Crippen molar-refractivity contribution in [1.29, 1.82) is 0 Å². The van der Waals surface area contributed by atoms with Crippen LogP contribution >= 0.6 is 0 Å². The largest absolute Gasteiger partial charge is 0.351 e. The number of aromatic nitrogens is 1. The zero-order valence-corrected chi connectivity index (χ0v) is 14.9. The number of anilines is 1. The van der Waals surface area contributed by atoms with Crippen LogP contribution in [0.2, 0.25) is 0 Å². The van der Waals surface area contributed by atoms with E-state index in [2.05, 4.69) is 16.4 Å². The highest BCUT2D eigenvalue weighted by Gasteiger charge is 2.18. The van der Waals surface area contributed by atoms with Gasteiger partial charge >= 0.3 is 0 Å². The summed E-state index contributed by atoms with van der Waals surface area (Å²) in [4.78, 5) is 29.1. The van der Waals surface area contributed by atoms with Gasteiger partial charge in [0.05, 0.1) is 6.54 Å². The molecule has 0 bridgehead atoms. The third-order valence-corrected chi connectivity index (χ3v) is 4.16. The molecule has 3 aromatic rings. The van der Waals surface area contributed by atoms with E-state index >= 15 is 0 Å². The molecule has 3 rings (SSSR count). The van der Waals surface area contributed by atoms with Crippen molar-refractivity contribution >= 4 is 28.4 Å². The van der Waals surface area contributed by atoms with Gasteiger partial charge in [0.25, 0.3) is 5.91 Å². The number of benzene rings is 2. The third kappa shape index (κ3) is 3.74. The van der Waals surface area contributed by atoms with Gasteiger partial charge in [0.1, 0.15) is 11.5 Å². The highest BCUT2D eigenvalue weighted by molar-refractivity contribution is 6.01. The first kappa shape index (κ1) is 17.7. The number of hydrogen-bond acceptors (Lipinski definition) is 2. The second kappa shape index (κ2) is 7.00. The van der Waals surface area contributed by atoms with Crippen LogP contribution < -0.4 is 5.32 Å². The molecule has 0 radical (unpaired) electrons. The summed E-state index contributed by atoms with van der Waals surface area (Å²) < 4.78 is 13.2. The summed E-state index contributed by atoms with van der Waals surface area (Å²) in [6.07, 6.45) is 0. The van der Waals surface area contributed by atoms with E-state index in [9.17, 15) is 14.0 Å². The molecular weight excluding hydrogens is 333 g/mol. The Morgan fingerprint density at radius 1 is 1.15 bits per heavy atom. The minimum absolute atomic E-state index is 0.136. The molecule has 1 heterocycles. The van der Waals surface area contributed by atoms with Gasteiger partial charge in [-0.25, -0.2) is 4.39 Å². The number of hydrogen-bond donors (Lipinski definition) is 2. The van der Waals surface area contributed by atoms with E-state index in [1.165, 1.54) is 23.1 Å². The smallest absolute Gasteiger partial charge is 0.270 e. The fourth-order valence-corrected chi connectivity index (χ4v) is 2.97. The second-order valence-electron chi connectivity index (χ2n) is 6.45. The van der Waals surface area contributed by atoms with Crippen LogP contribution in [0.15, 0.2) is 42.5 Å². The maximum absolute atomic E-state index is 13.2. The van der Waals surface area contributed by atoms with Gasteiger partial charge in [-0.3, -0.25) is 9.59 Å². The molecular formula is C20H20FN3O2. The molecule has 1 aromatic heterocycles. The maximum atomic E-state index is 13.2. The molecule has 0 saturated heterocycles. The van der Waals surface area contributed by atoms with Crippen LogP contribution in [0.4, 0.5) is 10.1 Å². The van der Waals surface area contributed by atoms with Gasteiger partial charge in [0.2, 0.25) is 5.91 Å². The van der Waals surface area contributed by atoms with Crippen molar-refractivity contribution in [3.8, 4) is 0 Å². The highest BCUT2D eigenvalue weighted by atomic mass is 19.1. The van der Waals surface area contributed by atoms with E-state index in [4.69, 9.17) is 0 Å². The topological polar surface area (TPSA) is 65.2 Å². The SMILES string of the molecule is Cc1cc(C)c2cc(C(=O)N(C)CC(=O)Nc3cccc(F)c3)[nH]c2c1. The van der Waals surface area contributed by atoms with Gasteiger partial charge in [0.15, 0.2) is 0 Å². The summed E-state index contributed by atoms with van der Waals surface area (Å²) >= 11 is 0. The van der Waals surface area contributed by atoms with Crippen LogP contribution in [-0.2, 0) is 4.79 Å². The lowest BCUT2D eigenvalue weighted by Gasteiger charge is -2.16. The van der Waals surface area contributed by atoms with Crippen LogP contribution in [0.5, 0.6) is 0 Å². The number of fused-ring (bicyclic) bond motifs is 1. The van der Waals surface area contributed by atoms with Crippen LogP contribution in [-0.4, -0.2) is 35.3 Å². The molecule has 26 heavy (non-hydrogen) atoms. The summed E-state index contributed by atoms with van der Waals surface area (Å²) in [7, 11) is 1.55. The molecule has 2 N–H and O–H groups in total. The van der Waals surface area contributed by atoms with E-state index in [0.29, 0.717) is 11.4 Å². The summed E-state index contributed by atoms with van der Waals surface area (Å²) in [5.74, 6) is -1.11. The molecule has 5 nitrogen and oxygen atoms in total. The number of amides is 2. The molecule has 2 aromatic carbocycles. The van der Waals surface area contributed by atoms with Crippen LogP contribution in [0.25, 0.3) is 10.9 Å². The van der Waals surface area contributed by atoms with Crippen molar-refractivity contribution < 1.29 is 14.0 Å². The highest BCUT2D eigenvalue weighted by Crippen LogP contribution is 2.22. The van der Waals surface area contributed by atoms with E-state index in [1.807, 2.05) is 19.9 Å². The van der Waals surface area contributed by atoms with Gasteiger partial charge in [-0.05, 0) is 55.3 Å². The lowest BCUT2D eigenvalue weighted by atomic mass is 10.1. The first-order valence-corrected chi connectivity index (χ1v) is 8.24. The average Bonchev–Trinajstić information content (AvgIpc) is 2.98. The predicted molar refractivity (Wildman–Crippen MR) is 99.8 cm³/mol. The van der Waals surface area contributed by atoms with Crippen molar-refractivity contribution in [1.82, 2.24) is 9.88 Å². The standard InChI is InChI=1S/C20H20FN3O2/c1-12-7-13(2)16-10-18(23-17(16)8-12)20(26)24(3)11-19(25)22-15-6-4-5-14(21)9-15/h4-10,23H,11H2,1-3H3,(H,22,25). The van der Waals surface area contributed by atoms with Crippen LogP contribution in [0.3, 0.4) is 0 Å². The normalized spacial score (nSPS) is 10.8. The van der Waals surface area contributed by atoms with E-state index < -0.39 is 11.7 Å². The minimum atomic E-state index is -0.434. The Morgan fingerprint density at radius 2 is 1.92 bits per heavy atom. The number of H-pyrrole nitrogens is 1. The molecule has 0 spiro atoms. The summed E-state index contributed by atoms with van der Waals surface area (Å²) in [6, 6.07) is 11.5. The van der Waals surface area contributed by atoms with Crippen molar-refractivity contribution in [2.45, 2.75) is 13.8 Å². The average molecular weight is 353 g/mol. The monoisotopic (exact) mass is 353 g/mol. The Morgan fingerprint density at radius 3 is 2.65 bits per heavy atom. The van der Waals surface area contributed by atoms with Crippen molar-refractivity contribution in [3.05, 3.63) is 65.1 Å². The van der Waals surface area contributed by atoms with Crippen LogP contribution in [0, 0.1) is 19.7 Å². The number of halogens is 1. The number of carbonyl (C=O) groups excluding carboxylic acids is 2. The van der Waals surface area contributed by atoms with Crippen molar-refractivity contribution in [3.63, 3.8) is 0 Å². The van der Waals surface area contributed by atoms with Gasteiger partial charge in [-0.2, -0.15) is 0 Å². The maximum Gasteiger partial charge on any atom is 0.270 e. The van der Waals surface area contributed by atoms with Gasteiger partial charge < -0.3 is 15.2 Å². The molecule has 0 fully saturated rings. The summed E-state index contributed by atoms with van der Waals surface area (Å²) in [6.45, 7) is 3.86. The number of aromatic amines is 1. The Labute approximate surface area is 150 Å². The van der Waals surface area contributed by atoms with Crippen molar-refractivity contribution in [2.75, 3.05) is 18.9 Å². The van der Waals surface area contributed by atoms with Gasteiger partial charge in [0, 0.05) is 23.6 Å². The number of likely N-dealkylation sites (N-methyl/N-ethyl adjacent to an activating group) is 1. The molecule has 0 aliphatic heterocycles. The van der Waals surface area contributed by atoms with Crippen LogP contribution in [0.1, 0.15) is 21.6 Å². The number of nitrogens with one attached hydrogen (secondary N) is 2. The minimum Gasteiger partial charge on any atom is -0.351 e. The molecule has 6 heteroatoms. The first-order chi connectivity index (χ1) is 12.3.